The fraction of sp³-hybridized carbons (Fsp3) is 0.500. The third-order valence-corrected chi connectivity index (χ3v) is 8.07. The first-order valence-corrected chi connectivity index (χ1v) is 14.3. The zero-order valence-electron chi connectivity index (χ0n) is 23.4. The van der Waals surface area contributed by atoms with E-state index >= 15 is 0 Å². The van der Waals surface area contributed by atoms with E-state index in [9.17, 15) is 4.79 Å². The van der Waals surface area contributed by atoms with Gasteiger partial charge >= 0.3 is 5.97 Å². The summed E-state index contributed by atoms with van der Waals surface area (Å²) in [4.78, 5) is 20.7. The number of carbonyl (C=O) groups is 1. The molecule has 38 heavy (non-hydrogen) atoms. The van der Waals surface area contributed by atoms with E-state index in [0.717, 1.165) is 78.5 Å². The summed E-state index contributed by atoms with van der Waals surface area (Å²) < 4.78 is 5.29. The summed E-state index contributed by atoms with van der Waals surface area (Å²) in [7, 11) is 0. The molecule has 1 unspecified atom stereocenters. The van der Waals surface area contributed by atoms with E-state index in [1.807, 2.05) is 19.9 Å². The molecule has 5 nitrogen and oxygen atoms in total. The lowest BCUT2D eigenvalue weighted by Gasteiger charge is -2.37. The molecule has 0 N–H and O–H groups in total. The van der Waals surface area contributed by atoms with Gasteiger partial charge in [-0.05, 0) is 87.4 Å². The molecule has 4 rings (SSSR count). The average Bonchev–Trinajstić information content (AvgIpc) is 3.09. The topological polar surface area (TPSA) is 51.1 Å². The molecule has 2 aromatic carbocycles. The quantitative estimate of drug-likeness (QED) is 0.328. The minimum Gasteiger partial charge on any atom is -0.466 e. The number of piperidine rings is 1. The van der Waals surface area contributed by atoms with E-state index in [1.165, 1.54) is 5.56 Å². The van der Waals surface area contributed by atoms with Crippen molar-refractivity contribution in [2.24, 2.45) is 22.4 Å². The van der Waals surface area contributed by atoms with Crippen LogP contribution in [-0.4, -0.2) is 36.3 Å². The molecular formula is C32H41ClN2O3. The second-order valence-electron chi connectivity index (χ2n) is 11.4. The molecule has 2 heterocycles. The molecular weight excluding hydrogens is 496 g/mol. The van der Waals surface area contributed by atoms with Gasteiger partial charge < -0.3 is 9.57 Å². The Morgan fingerprint density at radius 1 is 1.16 bits per heavy atom. The molecule has 0 aromatic heterocycles. The molecule has 2 aliphatic heterocycles. The van der Waals surface area contributed by atoms with E-state index in [4.69, 9.17) is 21.2 Å². The predicted octanol–water partition coefficient (Wildman–Crippen LogP) is 7.51. The summed E-state index contributed by atoms with van der Waals surface area (Å²) in [5, 5.41) is 5.35. The third kappa shape index (κ3) is 6.86. The average molecular weight is 537 g/mol. The number of hydrogen-bond acceptors (Lipinski definition) is 5. The Hall–Kier alpha value is -2.63. The molecule has 2 aliphatic rings. The lowest BCUT2D eigenvalue weighted by molar-refractivity contribution is -0.157. The second-order valence-corrected chi connectivity index (χ2v) is 11.8. The molecule has 1 fully saturated rings. The van der Waals surface area contributed by atoms with Crippen LogP contribution in [0.1, 0.15) is 76.1 Å². The van der Waals surface area contributed by atoms with Gasteiger partial charge in [0.2, 0.25) is 0 Å². The van der Waals surface area contributed by atoms with Gasteiger partial charge in [0.05, 0.1) is 17.7 Å². The number of rotatable bonds is 8. The van der Waals surface area contributed by atoms with Crippen molar-refractivity contribution in [2.75, 3.05) is 19.7 Å². The van der Waals surface area contributed by atoms with Gasteiger partial charge in [-0.1, -0.05) is 73.9 Å². The lowest BCUT2D eigenvalue weighted by Crippen LogP contribution is -2.43. The van der Waals surface area contributed by atoms with Gasteiger partial charge in [-0.25, -0.2) is 0 Å². The number of allylic oxidation sites excluding steroid dienone is 1. The maximum atomic E-state index is 12.3. The normalized spacial score (nSPS) is 19.8. The molecule has 204 valence electrons. The van der Waals surface area contributed by atoms with Crippen molar-refractivity contribution in [1.82, 2.24) is 4.90 Å². The molecule has 0 saturated carbocycles. The molecule has 1 atom stereocenters. The van der Waals surface area contributed by atoms with Gasteiger partial charge in [-0.2, -0.15) is 0 Å². The molecule has 1 saturated heterocycles. The molecule has 0 radical (unpaired) electrons. The minimum absolute atomic E-state index is 0.0617. The van der Waals surface area contributed by atoms with Gasteiger partial charge in [0.15, 0.2) is 5.76 Å². The summed E-state index contributed by atoms with van der Waals surface area (Å²) in [6.07, 6.45) is 5.57. The van der Waals surface area contributed by atoms with Gasteiger partial charge in [0, 0.05) is 23.0 Å². The van der Waals surface area contributed by atoms with Crippen molar-refractivity contribution in [3.8, 4) is 0 Å². The summed E-state index contributed by atoms with van der Waals surface area (Å²) in [5.41, 5.74) is 5.04. The van der Waals surface area contributed by atoms with Crippen LogP contribution in [0.25, 0.3) is 5.76 Å². The zero-order chi connectivity index (χ0) is 27.3. The van der Waals surface area contributed by atoms with Crippen molar-refractivity contribution in [3.05, 3.63) is 75.8 Å². The van der Waals surface area contributed by atoms with Crippen molar-refractivity contribution in [2.45, 2.75) is 66.8 Å². The molecule has 0 bridgehead atoms. The van der Waals surface area contributed by atoms with Crippen LogP contribution in [0.2, 0.25) is 5.02 Å². The fourth-order valence-electron chi connectivity index (χ4n) is 5.19. The molecule has 0 spiro atoms. The highest BCUT2D eigenvalue weighted by Crippen LogP contribution is 2.33. The van der Waals surface area contributed by atoms with Gasteiger partial charge in [-0.3, -0.25) is 9.69 Å². The van der Waals surface area contributed by atoms with Crippen LogP contribution in [0, 0.1) is 17.3 Å². The van der Waals surface area contributed by atoms with E-state index < -0.39 is 0 Å². The highest BCUT2D eigenvalue weighted by atomic mass is 35.5. The maximum Gasteiger partial charge on any atom is 0.311 e. The largest absolute Gasteiger partial charge is 0.466 e. The molecule has 6 heteroatoms. The lowest BCUT2D eigenvalue weighted by atomic mass is 9.80. The van der Waals surface area contributed by atoms with Crippen molar-refractivity contribution in [1.29, 1.82) is 0 Å². The number of likely N-dealkylation sites (tertiary alicyclic amines) is 1. The highest BCUT2D eigenvalue weighted by Gasteiger charge is 2.38. The van der Waals surface area contributed by atoms with Crippen LogP contribution >= 0.6 is 11.6 Å². The summed E-state index contributed by atoms with van der Waals surface area (Å²) >= 11 is 6.57. The van der Waals surface area contributed by atoms with Crippen molar-refractivity contribution < 1.29 is 14.4 Å². The van der Waals surface area contributed by atoms with Crippen LogP contribution in [0.15, 0.2) is 53.7 Å². The third-order valence-electron chi connectivity index (χ3n) is 7.72. The molecule has 0 aliphatic carbocycles. The Morgan fingerprint density at radius 3 is 2.47 bits per heavy atom. The first-order chi connectivity index (χ1) is 18.2. The van der Waals surface area contributed by atoms with Crippen LogP contribution in [0.3, 0.4) is 0 Å². The number of esters is 1. The first-order valence-electron chi connectivity index (χ1n) is 13.9. The standard InChI is InChI=1S/C32H41ClN2O3/c1-6-37-31(36)32(5)15-17-35(18-16-32)21-24-8-10-25(11-9-24)30-23(4)7-14-29(38-34-30)27-13-12-26(19-22(2)3)28(33)20-27/h8-14,20,22-23H,6-7,15-19,21H2,1-5H3. The van der Waals surface area contributed by atoms with Crippen LogP contribution < -0.4 is 0 Å². The number of nitrogens with zero attached hydrogens (tertiary/aromatic N) is 2. The van der Waals surface area contributed by atoms with Gasteiger partial charge in [-0.15, -0.1) is 0 Å². The second kappa shape index (κ2) is 12.5. The number of carbonyl (C=O) groups excluding carboxylic acids is 1. The van der Waals surface area contributed by atoms with E-state index in [0.29, 0.717) is 12.5 Å². The summed E-state index contributed by atoms with van der Waals surface area (Å²) in [5.74, 6) is 1.48. The maximum absolute atomic E-state index is 12.3. The monoisotopic (exact) mass is 536 g/mol. The zero-order valence-corrected chi connectivity index (χ0v) is 24.2. The predicted molar refractivity (Wildman–Crippen MR) is 155 cm³/mol. The van der Waals surface area contributed by atoms with Crippen LogP contribution in [-0.2, 0) is 27.3 Å². The number of hydrogen-bond donors (Lipinski definition) is 0. The SMILES string of the molecule is CCOC(=O)C1(C)CCN(Cc2ccc(C3=NOC(c4ccc(CC(C)C)c(Cl)c4)=CCC3C)cc2)CC1. The van der Waals surface area contributed by atoms with Gasteiger partial charge in [0.25, 0.3) is 0 Å². The molecule has 0 amide bonds. The number of halogens is 1. The Labute approximate surface area is 232 Å². The Morgan fingerprint density at radius 2 is 1.84 bits per heavy atom. The van der Waals surface area contributed by atoms with Crippen molar-refractivity contribution in [3.63, 3.8) is 0 Å². The number of oxime groups is 1. The molecule has 2 aromatic rings. The minimum atomic E-state index is -0.363. The van der Waals surface area contributed by atoms with Crippen molar-refractivity contribution >= 4 is 29.0 Å². The van der Waals surface area contributed by atoms with E-state index in [-0.39, 0.29) is 17.3 Å². The Balaban J connectivity index is 1.38. The fourth-order valence-corrected chi connectivity index (χ4v) is 5.45. The van der Waals surface area contributed by atoms with Gasteiger partial charge in [0.1, 0.15) is 0 Å². The Bertz CT molecular complexity index is 1180. The summed E-state index contributed by atoms with van der Waals surface area (Å²) in [6, 6.07) is 14.8. The van der Waals surface area contributed by atoms with E-state index in [1.54, 1.807) is 0 Å². The first kappa shape index (κ1) is 28.4. The number of benzene rings is 2. The van der Waals surface area contributed by atoms with Crippen LogP contribution in [0.4, 0.5) is 0 Å². The van der Waals surface area contributed by atoms with Crippen LogP contribution in [0.5, 0.6) is 0 Å². The van der Waals surface area contributed by atoms with E-state index in [2.05, 4.69) is 73.3 Å². The smallest absolute Gasteiger partial charge is 0.311 e. The number of ether oxygens (including phenoxy) is 1. The highest BCUT2D eigenvalue weighted by molar-refractivity contribution is 6.31. The Kier molecular flexibility index (Phi) is 9.32. The summed E-state index contributed by atoms with van der Waals surface area (Å²) in [6.45, 7) is 13.6.